The Bertz CT molecular complexity index is 821. The quantitative estimate of drug-likeness (QED) is 0.370. The number of hydrazine groups is 1. The molecule has 0 bridgehead atoms. The van der Waals surface area contributed by atoms with Crippen molar-refractivity contribution in [2.75, 3.05) is 13.2 Å². The lowest BCUT2D eigenvalue weighted by Crippen LogP contribution is -2.43. The average Bonchev–Trinajstić information content (AvgIpc) is 2.81. The lowest BCUT2D eigenvalue weighted by molar-refractivity contribution is -0.123. The standard InChI is InChI=1S/C25H34N2O4/c1-4-6-7-10-17-30-23-12-9-8-11-22(23)25(29)27-26-24(28)18-31-21-15-13-20(14-16-21)19(3)5-2/h8-9,11-16,19H,4-7,10,17-18H2,1-3H3,(H,26,28)(H,27,29). The van der Waals surface area contributed by atoms with Crippen molar-refractivity contribution in [1.82, 2.24) is 10.9 Å². The Morgan fingerprint density at radius 2 is 1.65 bits per heavy atom. The molecule has 0 fully saturated rings. The van der Waals surface area contributed by atoms with E-state index >= 15 is 0 Å². The Kier molecular flexibility index (Phi) is 10.4. The first-order valence-corrected chi connectivity index (χ1v) is 11.1. The van der Waals surface area contributed by atoms with Crippen LogP contribution >= 0.6 is 0 Å². The van der Waals surface area contributed by atoms with E-state index in [4.69, 9.17) is 9.47 Å². The maximum Gasteiger partial charge on any atom is 0.276 e. The highest BCUT2D eigenvalue weighted by Crippen LogP contribution is 2.21. The molecule has 2 aromatic rings. The van der Waals surface area contributed by atoms with Gasteiger partial charge in [-0.3, -0.25) is 20.4 Å². The highest BCUT2D eigenvalue weighted by atomic mass is 16.5. The van der Waals surface area contributed by atoms with Crippen molar-refractivity contribution >= 4 is 11.8 Å². The van der Waals surface area contributed by atoms with Crippen LogP contribution in [0.4, 0.5) is 0 Å². The van der Waals surface area contributed by atoms with Gasteiger partial charge < -0.3 is 9.47 Å². The summed E-state index contributed by atoms with van der Waals surface area (Å²) in [5.74, 6) is 0.710. The van der Waals surface area contributed by atoms with Gasteiger partial charge in [-0.05, 0) is 48.6 Å². The van der Waals surface area contributed by atoms with Gasteiger partial charge in [-0.1, -0.05) is 64.3 Å². The number of para-hydroxylation sites is 1. The summed E-state index contributed by atoms with van der Waals surface area (Å²) in [6.45, 7) is 6.83. The number of carbonyl (C=O) groups is 2. The summed E-state index contributed by atoms with van der Waals surface area (Å²) in [5.41, 5.74) is 6.41. The van der Waals surface area contributed by atoms with Gasteiger partial charge in [0.05, 0.1) is 12.2 Å². The van der Waals surface area contributed by atoms with E-state index in [9.17, 15) is 9.59 Å². The van der Waals surface area contributed by atoms with E-state index in [2.05, 4.69) is 31.6 Å². The molecule has 0 aliphatic rings. The van der Waals surface area contributed by atoms with Crippen molar-refractivity contribution in [1.29, 1.82) is 0 Å². The van der Waals surface area contributed by atoms with Gasteiger partial charge in [0.25, 0.3) is 11.8 Å². The zero-order valence-electron chi connectivity index (χ0n) is 18.8. The van der Waals surface area contributed by atoms with E-state index in [0.29, 0.717) is 29.6 Å². The van der Waals surface area contributed by atoms with Crippen LogP contribution in [0.25, 0.3) is 0 Å². The van der Waals surface area contributed by atoms with E-state index in [0.717, 1.165) is 25.7 Å². The van der Waals surface area contributed by atoms with Crippen LogP contribution in [0.1, 0.15) is 74.7 Å². The van der Waals surface area contributed by atoms with Crippen LogP contribution in [-0.4, -0.2) is 25.0 Å². The number of hydrogen-bond donors (Lipinski definition) is 2. The Morgan fingerprint density at radius 3 is 2.35 bits per heavy atom. The SMILES string of the molecule is CCCCCCOc1ccccc1C(=O)NNC(=O)COc1ccc(C(C)CC)cc1. The fourth-order valence-corrected chi connectivity index (χ4v) is 3.00. The average molecular weight is 427 g/mol. The maximum atomic E-state index is 12.5. The van der Waals surface area contributed by atoms with Crippen LogP contribution in [0.2, 0.25) is 0 Å². The van der Waals surface area contributed by atoms with Crippen LogP contribution in [0.3, 0.4) is 0 Å². The normalized spacial score (nSPS) is 11.5. The fourth-order valence-electron chi connectivity index (χ4n) is 3.00. The zero-order chi connectivity index (χ0) is 22.5. The number of benzene rings is 2. The number of rotatable bonds is 12. The summed E-state index contributed by atoms with van der Waals surface area (Å²) in [6.07, 6.45) is 5.43. The molecule has 0 spiro atoms. The Morgan fingerprint density at radius 1 is 0.903 bits per heavy atom. The second kappa shape index (κ2) is 13.3. The molecule has 31 heavy (non-hydrogen) atoms. The van der Waals surface area contributed by atoms with Crippen LogP contribution in [0, 0.1) is 0 Å². The van der Waals surface area contributed by atoms with Crippen molar-refractivity contribution < 1.29 is 19.1 Å². The van der Waals surface area contributed by atoms with E-state index in [1.807, 2.05) is 30.3 Å². The van der Waals surface area contributed by atoms with Gasteiger partial charge in [0.15, 0.2) is 6.61 Å². The first-order chi connectivity index (χ1) is 15.0. The van der Waals surface area contributed by atoms with Gasteiger partial charge in [-0.25, -0.2) is 0 Å². The van der Waals surface area contributed by atoms with Crippen LogP contribution in [0.5, 0.6) is 11.5 Å². The number of nitrogens with one attached hydrogen (secondary N) is 2. The molecular formula is C25H34N2O4. The number of carbonyl (C=O) groups excluding carboxylic acids is 2. The highest BCUT2D eigenvalue weighted by Gasteiger charge is 2.13. The molecule has 2 N–H and O–H groups in total. The second-order valence-corrected chi connectivity index (χ2v) is 7.57. The van der Waals surface area contributed by atoms with Crippen molar-refractivity contribution in [3.63, 3.8) is 0 Å². The summed E-state index contributed by atoms with van der Waals surface area (Å²) < 4.78 is 11.2. The predicted octanol–water partition coefficient (Wildman–Crippen LogP) is 5.00. The molecule has 0 saturated carbocycles. The molecule has 0 radical (unpaired) electrons. The molecule has 0 saturated heterocycles. The van der Waals surface area contributed by atoms with Gasteiger partial charge in [0.1, 0.15) is 11.5 Å². The highest BCUT2D eigenvalue weighted by molar-refractivity contribution is 5.97. The second-order valence-electron chi connectivity index (χ2n) is 7.57. The minimum absolute atomic E-state index is 0.196. The molecule has 1 unspecified atom stereocenters. The molecule has 6 nitrogen and oxygen atoms in total. The predicted molar refractivity (Wildman–Crippen MR) is 122 cm³/mol. The van der Waals surface area contributed by atoms with Crippen LogP contribution in [0.15, 0.2) is 48.5 Å². The summed E-state index contributed by atoms with van der Waals surface area (Å²) in [7, 11) is 0. The van der Waals surface area contributed by atoms with E-state index in [1.54, 1.807) is 18.2 Å². The topological polar surface area (TPSA) is 76.7 Å². The van der Waals surface area contributed by atoms with Crippen LogP contribution in [-0.2, 0) is 4.79 Å². The maximum absolute atomic E-state index is 12.5. The molecule has 0 heterocycles. The Labute approximate surface area is 185 Å². The molecular weight excluding hydrogens is 392 g/mol. The molecule has 2 amide bonds. The van der Waals surface area contributed by atoms with Gasteiger partial charge in [-0.2, -0.15) is 0 Å². The monoisotopic (exact) mass is 426 g/mol. The smallest absolute Gasteiger partial charge is 0.276 e. The minimum Gasteiger partial charge on any atom is -0.493 e. The lowest BCUT2D eigenvalue weighted by Gasteiger charge is -2.13. The van der Waals surface area contributed by atoms with Gasteiger partial charge >= 0.3 is 0 Å². The van der Waals surface area contributed by atoms with Crippen molar-refractivity contribution in [3.05, 3.63) is 59.7 Å². The Hall–Kier alpha value is -3.02. The molecule has 0 aliphatic heterocycles. The van der Waals surface area contributed by atoms with Crippen LogP contribution < -0.4 is 20.3 Å². The van der Waals surface area contributed by atoms with Gasteiger partial charge in [-0.15, -0.1) is 0 Å². The fraction of sp³-hybridized carbons (Fsp3) is 0.440. The largest absolute Gasteiger partial charge is 0.493 e. The summed E-state index contributed by atoms with van der Waals surface area (Å²) in [4.78, 5) is 24.5. The first kappa shape index (κ1) is 24.3. The third-order valence-corrected chi connectivity index (χ3v) is 5.13. The first-order valence-electron chi connectivity index (χ1n) is 11.1. The molecule has 0 aliphatic carbocycles. The molecule has 6 heteroatoms. The van der Waals surface area contributed by atoms with E-state index in [-0.39, 0.29) is 6.61 Å². The number of amides is 2. The van der Waals surface area contributed by atoms with E-state index in [1.165, 1.54) is 12.0 Å². The summed E-state index contributed by atoms with van der Waals surface area (Å²) in [5, 5.41) is 0. The van der Waals surface area contributed by atoms with E-state index < -0.39 is 11.8 Å². The third kappa shape index (κ3) is 8.32. The number of ether oxygens (including phenoxy) is 2. The summed E-state index contributed by atoms with van der Waals surface area (Å²) >= 11 is 0. The van der Waals surface area contributed by atoms with Crippen molar-refractivity contribution in [3.8, 4) is 11.5 Å². The molecule has 2 aromatic carbocycles. The van der Waals surface area contributed by atoms with Gasteiger partial charge in [0.2, 0.25) is 0 Å². The lowest BCUT2D eigenvalue weighted by atomic mass is 9.99. The van der Waals surface area contributed by atoms with Crippen molar-refractivity contribution in [2.24, 2.45) is 0 Å². The molecule has 0 aromatic heterocycles. The summed E-state index contributed by atoms with van der Waals surface area (Å²) in [6, 6.07) is 14.7. The molecule has 1 atom stereocenters. The zero-order valence-corrected chi connectivity index (χ0v) is 18.8. The minimum atomic E-state index is -0.447. The number of unbranched alkanes of at least 4 members (excludes halogenated alkanes) is 3. The Balaban J connectivity index is 1.78. The third-order valence-electron chi connectivity index (χ3n) is 5.13. The van der Waals surface area contributed by atoms with Gasteiger partial charge in [0, 0.05) is 0 Å². The van der Waals surface area contributed by atoms with Crippen molar-refractivity contribution in [2.45, 2.75) is 58.8 Å². The molecule has 168 valence electrons. The number of hydrogen-bond acceptors (Lipinski definition) is 4. The molecule has 2 rings (SSSR count).